The van der Waals surface area contributed by atoms with E-state index in [0.717, 1.165) is 22.3 Å². The molecule has 0 bridgehead atoms. The van der Waals surface area contributed by atoms with E-state index in [2.05, 4.69) is 23.8 Å². The summed E-state index contributed by atoms with van der Waals surface area (Å²) >= 11 is 0. The number of sulfone groups is 1. The van der Waals surface area contributed by atoms with E-state index in [1.54, 1.807) is 48.6 Å². The summed E-state index contributed by atoms with van der Waals surface area (Å²) in [7, 11) is -4.11. The molecular weight excluding hydrogens is 508 g/mol. The minimum Gasteiger partial charge on any atom is -0.325 e. The molecule has 0 saturated carbocycles. The fourth-order valence-electron chi connectivity index (χ4n) is 4.03. The van der Waals surface area contributed by atoms with Crippen LogP contribution in [0.2, 0.25) is 0 Å². The summed E-state index contributed by atoms with van der Waals surface area (Å²) < 4.78 is 27.5. The minimum absolute atomic E-state index is 0.0675. The van der Waals surface area contributed by atoms with Crippen LogP contribution in [0.1, 0.15) is 22.3 Å². The number of hydrogen-bond acceptors (Lipinski definition) is 4. The zero-order valence-electron chi connectivity index (χ0n) is 21.3. The maximum absolute atomic E-state index is 13.8. The molecule has 0 atom stereocenters. The van der Waals surface area contributed by atoms with Crippen molar-refractivity contribution in [1.29, 1.82) is 0 Å². The molecule has 2 N–H and O–H groups in total. The Morgan fingerprint density at radius 2 is 0.949 bits per heavy atom. The van der Waals surface area contributed by atoms with E-state index in [-0.39, 0.29) is 45.8 Å². The van der Waals surface area contributed by atoms with Crippen LogP contribution in [0.4, 0.5) is 11.4 Å². The summed E-state index contributed by atoms with van der Waals surface area (Å²) in [5.74, 6) is -0.707. The minimum atomic E-state index is -4.11. The second-order valence-corrected chi connectivity index (χ2v) is 10.7. The van der Waals surface area contributed by atoms with Crippen molar-refractivity contribution in [2.75, 3.05) is 10.6 Å². The van der Waals surface area contributed by atoms with Crippen LogP contribution in [0.3, 0.4) is 0 Å². The first-order valence-electron chi connectivity index (χ1n) is 12.3. The van der Waals surface area contributed by atoms with E-state index in [9.17, 15) is 18.0 Å². The molecule has 196 valence electrons. The van der Waals surface area contributed by atoms with Gasteiger partial charge in [-0.2, -0.15) is 0 Å². The highest BCUT2D eigenvalue weighted by Crippen LogP contribution is 2.32. The number of para-hydroxylation sites is 2. The van der Waals surface area contributed by atoms with E-state index in [1.165, 1.54) is 12.1 Å². The number of carbonyl (C=O) groups excluding carboxylic acids is 2. The lowest BCUT2D eigenvalue weighted by Crippen LogP contribution is -2.19. The van der Waals surface area contributed by atoms with Crippen molar-refractivity contribution >= 4 is 45.2 Å². The highest BCUT2D eigenvalue weighted by Gasteiger charge is 2.25. The van der Waals surface area contributed by atoms with Crippen molar-refractivity contribution in [1.82, 2.24) is 0 Å². The number of carbonyl (C=O) groups is 2. The van der Waals surface area contributed by atoms with Gasteiger partial charge in [-0.3, -0.25) is 9.59 Å². The molecule has 0 aliphatic heterocycles. The Kier molecular flexibility index (Phi) is 8.53. The molecule has 0 aromatic heterocycles. The third-order valence-electron chi connectivity index (χ3n) is 6.06. The molecule has 0 aliphatic carbocycles. The Balaban J connectivity index is 1.55. The van der Waals surface area contributed by atoms with E-state index in [1.807, 2.05) is 48.5 Å². The predicted octanol–water partition coefficient (Wildman–Crippen LogP) is 6.17. The molecule has 4 rings (SSSR count). The van der Waals surface area contributed by atoms with Crippen molar-refractivity contribution in [3.63, 3.8) is 0 Å². The van der Waals surface area contributed by atoms with Crippen LogP contribution >= 0.6 is 0 Å². The molecular formula is C32H28N2O4S. The fourth-order valence-corrected chi connectivity index (χ4v) is 5.60. The Morgan fingerprint density at radius 1 is 0.590 bits per heavy atom. The van der Waals surface area contributed by atoms with Crippen LogP contribution in [0.5, 0.6) is 0 Å². The summed E-state index contributed by atoms with van der Waals surface area (Å²) in [4.78, 5) is 25.4. The van der Waals surface area contributed by atoms with Crippen LogP contribution < -0.4 is 10.6 Å². The van der Waals surface area contributed by atoms with Crippen molar-refractivity contribution in [2.45, 2.75) is 22.6 Å². The third-order valence-corrected chi connectivity index (χ3v) is 7.93. The molecule has 0 spiro atoms. The fraction of sp³-hybridized carbons (Fsp3) is 0.0625. The van der Waals surface area contributed by atoms with Gasteiger partial charge in [0.2, 0.25) is 21.7 Å². The third kappa shape index (κ3) is 6.77. The Hall–Kier alpha value is -4.75. The van der Waals surface area contributed by atoms with Gasteiger partial charge < -0.3 is 10.6 Å². The van der Waals surface area contributed by atoms with Crippen molar-refractivity contribution < 1.29 is 18.0 Å². The average molecular weight is 537 g/mol. The molecule has 0 fully saturated rings. The number of anilines is 2. The Labute approximate surface area is 228 Å². The summed E-state index contributed by atoms with van der Waals surface area (Å²) in [6, 6.07) is 27.2. The number of amides is 2. The zero-order valence-corrected chi connectivity index (χ0v) is 22.1. The zero-order chi connectivity index (χ0) is 27.8. The number of rotatable bonds is 10. The van der Waals surface area contributed by atoms with Crippen LogP contribution in [0.25, 0.3) is 12.2 Å². The first-order valence-corrected chi connectivity index (χ1v) is 13.7. The SMILES string of the molecule is C=Cc1ccc(CC(=O)Nc2ccccc2S(=O)(=O)c2ccccc2NC(=O)Cc2ccc(C=C)cc2)cc1. The predicted molar refractivity (Wildman–Crippen MR) is 156 cm³/mol. The van der Waals surface area contributed by atoms with Crippen LogP contribution in [0.15, 0.2) is 120 Å². The molecule has 0 radical (unpaired) electrons. The van der Waals surface area contributed by atoms with Gasteiger partial charge in [-0.05, 0) is 46.5 Å². The van der Waals surface area contributed by atoms with Crippen LogP contribution in [-0.4, -0.2) is 20.2 Å². The van der Waals surface area contributed by atoms with Gasteiger partial charge in [0.25, 0.3) is 0 Å². The van der Waals surface area contributed by atoms with Crippen molar-refractivity contribution in [3.8, 4) is 0 Å². The molecule has 39 heavy (non-hydrogen) atoms. The monoisotopic (exact) mass is 536 g/mol. The first kappa shape index (κ1) is 27.3. The van der Waals surface area contributed by atoms with Gasteiger partial charge >= 0.3 is 0 Å². The largest absolute Gasteiger partial charge is 0.325 e. The molecule has 0 saturated heterocycles. The lowest BCUT2D eigenvalue weighted by atomic mass is 10.1. The van der Waals surface area contributed by atoms with E-state index in [4.69, 9.17) is 0 Å². The van der Waals surface area contributed by atoms with Gasteiger partial charge in [0, 0.05) is 0 Å². The summed E-state index contributed by atoms with van der Waals surface area (Å²) in [5, 5.41) is 5.47. The summed E-state index contributed by atoms with van der Waals surface area (Å²) in [6.45, 7) is 7.44. The van der Waals surface area contributed by atoms with Crippen LogP contribution in [0, 0.1) is 0 Å². The molecule has 4 aromatic carbocycles. The van der Waals surface area contributed by atoms with Gasteiger partial charge in [-0.15, -0.1) is 0 Å². The van der Waals surface area contributed by atoms with Crippen LogP contribution in [-0.2, 0) is 32.3 Å². The average Bonchev–Trinajstić information content (AvgIpc) is 2.94. The van der Waals surface area contributed by atoms with E-state index in [0.29, 0.717) is 0 Å². The smallest absolute Gasteiger partial charge is 0.228 e. The van der Waals surface area contributed by atoms with Crippen molar-refractivity contribution in [2.24, 2.45) is 0 Å². The molecule has 4 aromatic rings. The highest BCUT2D eigenvalue weighted by atomic mass is 32.2. The lowest BCUT2D eigenvalue weighted by Gasteiger charge is -2.15. The quantitative estimate of drug-likeness (QED) is 0.254. The Morgan fingerprint density at radius 3 is 1.31 bits per heavy atom. The standard InChI is InChI=1S/C32H28N2O4S/c1-3-23-13-17-25(18-14-23)21-31(35)33-27-9-5-7-11-29(27)39(37,38)30-12-8-6-10-28(30)34-32(36)22-26-19-15-24(4-2)16-20-26/h3-20H,1-2,21-22H2,(H,33,35)(H,34,36). The maximum Gasteiger partial charge on any atom is 0.228 e. The van der Waals surface area contributed by atoms with Gasteiger partial charge in [0.05, 0.1) is 34.0 Å². The number of benzene rings is 4. The molecule has 0 heterocycles. The highest BCUT2D eigenvalue weighted by molar-refractivity contribution is 7.91. The lowest BCUT2D eigenvalue weighted by molar-refractivity contribution is -0.116. The first-order chi connectivity index (χ1) is 18.8. The normalized spacial score (nSPS) is 10.9. The van der Waals surface area contributed by atoms with E-state index < -0.39 is 9.84 Å². The molecule has 0 aliphatic rings. The molecule has 2 amide bonds. The number of hydrogen-bond donors (Lipinski definition) is 2. The van der Waals surface area contributed by atoms with Gasteiger partial charge in [0.15, 0.2) is 0 Å². The van der Waals surface area contributed by atoms with Gasteiger partial charge in [-0.1, -0.05) is 98.1 Å². The second-order valence-electron chi connectivity index (χ2n) is 8.84. The number of nitrogens with one attached hydrogen (secondary N) is 2. The van der Waals surface area contributed by atoms with Crippen molar-refractivity contribution in [3.05, 3.63) is 132 Å². The van der Waals surface area contributed by atoms with Gasteiger partial charge in [0.1, 0.15) is 0 Å². The second kappa shape index (κ2) is 12.2. The molecule has 6 nitrogen and oxygen atoms in total. The summed E-state index contributed by atoms with van der Waals surface area (Å²) in [6.07, 6.45) is 3.58. The summed E-state index contributed by atoms with van der Waals surface area (Å²) in [5.41, 5.74) is 3.76. The topological polar surface area (TPSA) is 92.3 Å². The molecule has 7 heteroatoms. The molecule has 0 unspecified atom stereocenters. The Bertz CT molecular complexity index is 1510. The van der Waals surface area contributed by atoms with E-state index >= 15 is 0 Å². The van der Waals surface area contributed by atoms with Gasteiger partial charge in [-0.25, -0.2) is 8.42 Å². The maximum atomic E-state index is 13.8.